The van der Waals surface area contributed by atoms with Crippen molar-refractivity contribution in [3.63, 3.8) is 0 Å². The first-order valence-corrected chi connectivity index (χ1v) is 6.38. The molecule has 4 nitrogen and oxygen atoms in total. The molecular weight excluding hydrogens is 269 g/mol. The molecular formula is C16H12FN3O. The lowest BCUT2D eigenvalue weighted by atomic mass is 10.1. The van der Waals surface area contributed by atoms with E-state index in [4.69, 9.17) is 0 Å². The van der Waals surface area contributed by atoms with Crippen molar-refractivity contribution in [2.45, 2.75) is 0 Å². The first-order valence-electron chi connectivity index (χ1n) is 6.38. The number of rotatable bonds is 3. The van der Waals surface area contributed by atoms with Crippen LogP contribution in [-0.2, 0) is 0 Å². The molecule has 0 fully saturated rings. The maximum atomic E-state index is 13.1. The molecule has 0 aliphatic carbocycles. The summed E-state index contributed by atoms with van der Waals surface area (Å²) in [7, 11) is 0. The van der Waals surface area contributed by atoms with E-state index in [9.17, 15) is 9.18 Å². The van der Waals surface area contributed by atoms with Gasteiger partial charge in [0.25, 0.3) is 5.91 Å². The molecule has 0 atom stereocenters. The van der Waals surface area contributed by atoms with Crippen molar-refractivity contribution in [2.75, 3.05) is 5.32 Å². The van der Waals surface area contributed by atoms with Gasteiger partial charge in [0.05, 0.1) is 18.2 Å². The fourth-order valence-electron chi connectivity index (χ4n) is 2.01. The Morgan fingerprint density at radius 2 is 2.00 bits per heavy atom. The lowest BCUT2D eigenvalue weighted by Crippen LogP contribution is -2.12. The van der Waals surface area contributed by atoms with Gasteiger partial charge in [0.15, 0.2) is 0 Å². The number of H-pyrrole nitrogens is 1. The zero-order chi connectivity index (χ0) is 14.7. The van der Waals surface area contributed by atoms with Crippen LogP contribution < -0.4 is 5.32 Å². The van der Waals surface area contributed by atoms with E-state index in [0.717, 1.165) is 11.3 Å². The molecule has 3 aromatic rings. The molecule has 5 heteroatoms. The first-order chi connectivity index (χ1) is 10.2. The second kappa shape index (κ2) is 5.58. The number of carbonyl (C=O) groups is 1. The molecule has 21 heavy (non-hydrogen) atoms. The number of anilines is 1. The molecule has 0 aliphatic heterocycles. The highest BCUT2D eigenvalue weighted by atomic mass is 19.1. The Bertz CT molecular complexity index is 769. The number of nitrogens with one attached hydrogen (secondary N) is 2. The molecule has 3 rings (SSSR count). The summed E-state index contributed by atoms with van der Waals surface area (Å²) in [5.41, 5.74) is 2.68. The molecule has 0 bridgehead atoms. The van der Waals surface area contributed by atoms with E-state index < -0.39 is 5.82 Å². The molecule has 0 radical (unpaired) electrons. The SMILES string of the molecule is O=C(Nc1cccc(-c2cnc[nH]2)c1)c1cccc(F)c1. The predicted octanol–water partition coefficient (Wildman–Crippen LogP) is 3.47. The number of aromatic nitrogens is 2. The summed E-state index contributed by atoms with van der Waals surface area (Å²) in [6.07, 6.45) is 3.29. The smallest absolute Gasteiger partial charge is 0.255 e. The van der Waals surface area contributed by atoms with Crippen molar-refractivity contribution in [3.8, 4) is 11.3 Å². The van der Waals surface area contributed by atoms with Gasteiger partial charge >= 0.3 is 0 Å². The average molecular weight is 281 g/mol. The minimum Gasteiger partial charge on any atom is -0.345 e. The lowest BCUT2D eigenvalue weighted by molar-refractivity contribution is 0.102. The van der Waals surface area contributed by atoms with Gasteiger partial charge in [0.1, 0.15) is 5.82 Å². The van der Waals surface area contributed by atoms with Gasteiger partial charge in [-0.25, -0.2) is 9.37 Å². The highest BCUT2D eigenvalue weighted by Crippen LogP contribution is 2.20. The molecule has 0 saturated heterocycles. The Labute approximate surface area is 120 Å². The van der Waals surface area contributed by atoms with Crippen molar-refractivity contribution < 1.29 is 9.18 Å². The van der Waals surface area contributed by atoms with Crippen LogP contribution >= 0.6 is 0 Å². The number of amides is 1. The summed E-state index contributed by atoms with van der Waals surface area (Å²) in [6.45, 7) is 0. The monoisotopic (exact) mass is 281 g/mol. The van der Waals surface area contributed by atoms with Crippen molar-refractivity contribution in [1.29, 1.82) is 0 Å². The Hall–Kier alpha value is -2.95. The third kappa shape index (κ3) is 2.97. The zero-order valence-corrected chi connectivity index (χ0v) is 11.0. The third-order valence-electron chi connectivity index (χ3n) is 3.02. The molecule has 0 spiro atoms. The van der Waals surface area contributed by atoms with Crippen molar-refractivity contribution >= 4 is 11.6 Å². The summed E-state index contributed by atoms with van der Waals surface area (Å²) in [4.78, 5) is 19.0. The Morgan fingerprint density at radius 3 is 2.76 bits per heavy atom. The summed E-state index contributed by atoms with van der Waals surface area (Å²) in [5, 5.41) is 2.75. The van der Waals surface area contributed by atoms with E-state index in [1.54, 1.807) is 24.7 Å². The van der Waals surface area contributed by atoms with E-state index in [1.165, 1.54) is 18.2 Å². The van der Waals surface area contributed by atoms with Gasteiger partial charge < -0.3 is 10.3 Å². The summed E-state index contributed by atoms with van der Waals surface area (Å²) >= 11 is 0. The van der Waals surface area contributed by atoms with E-state index in [1.807, 2.05) is 18.2 Å². The number of hydrogen-bond acceptors (Lipinski definition) is 2. The van der Waals surface area contributed by atoms with Gasteiger partial charge in [0, 0.05) is 16.8 Å². The summed E-state index contributed by atoms with van der Waals surface area (Å²) < 4.78 is 13.1. The van der Waals surface area contributed by atoms with Crippen LogP contribution in [0.4, 0.5) is 10.1 Å². The summed E-state index contributed by atoms with van der Waals surface area (Å²) in [5.74, 6) is -0.787. The quantitative estimate of drug-likeness (QED) is 0.772. The minimum absolute atomic E-state index is 0.280. The van der Waals surface area contributed by atoms with Crippen LogP contribution in [0.2, 0.25) is 0 Å². The van der Waals surface area contributed by atoms with E-state index in [-0.39, 0.29) is 11.5 Å². The lowest BCUT2D eigenvalue weighted by Gasteiger charge is -2.07. The van der Waals surface area contributed by atoms with Crippen molar-refractivity contribution in [3.05, 3.63) is 72.4 Å². The molecule has 1 heterocycles. The van der Waals surface area contributed by atoms with Crippen LogP contribution in [0.5, 0.6) is 0 Å². The molecule has 1 amide bonds. The molecule has 0 unspecified atom stereocenters. The van der Waals surface area contributed by atoms with Crippen LogP contribution in [0, 0.1) is 5.82 Å². The van der Waals surface area contributed by atoms with Crippen LogP contribution in [-0.4, -0.2) is 15.9 Å². The van der Waals surface area contributed by atoms with Crippen LogP contribution in [0.3, 0.4) is 0 Å². The zero-order valence-electron chi connectivity index (χ0n) is 11.0. The molecule has 0 aliphatic rings. The van der Waals surface area contributed by atoms with E-state index >= 15 is 0 Å². The number of carbonyl (C=O) groups excluding carboxylic acids is 1. The maximum Gasteiger partial charge on any atom is 0.255 e. The predicted molar refractivity (Wildman–Crippen MR) is 78.4 cm³/mol. The normalized spacial score (nSPS) is 10.3. The number of benzene rings is 2. The molecule has 2 N–H and O–H groups in total. The minimum atomic E-state index is -0.436. The number of imidazole rings is 1. The fourth-order valence-corrected chi connectivity index (χ4v) is 2.01. The Kier molecular flexibility index (Phi) is 3.47. The average Bonchev–Trinajstić information content (AvgIpc) is 3.02. The molecule has 2 aromatic carbocycles. The van der Waals surface area contributed by atoms with E-state index in [2.05, 4.69) is 15.3 Å². The van der Waals surface area contributed by atoms with Gasteiger partial charge in [0.2, 0.25) is 0 Å². The standard InChI is InChI=1S/C16H12FN3O/c17-13-5-1-4-12(7-13)16(21)20-14-6-2-3-11(8-14)15-9-18-10-19-15/h1-10H,(H,18,19)(H,20,21). The van der Waals surface area contributed by atoms with Gasteiger partial charge in [-0.05, 0) is 30.3 Å². The second-order valence-corrected chi connectivity index (χ2v) is 4.51. The van der Waals surface area contributed by atoms with Crippen LogP contribution in [0.1, 0.15) is 10.4 Å². The topological polar surface area (TPSA) is 57.8 Å². The van der Waals surface area contributed by atoms with Crippen molar-refractivity contribution in [2.24, 2.45) is 0 Å². The fraction of sp³-hybridized carbons (Fsp3) is 0. The number of aromatic amines is 1. The van der Waals surface area contributed by atoms with Crippen LogP contribution in [0.15, 0.2) is 61.1 Å². The van der Waals surface area contributed by atoms with Crippen LogP contribution in [0.25, 0.3) is 11.3 Å². The van der Waals surface area contributed by atoms with Gasteiger partial charge in [-0.1, -0.05) is 18.2 Å². The number of halogens is 1. The molecule has 1 aromatic heterocycles. The van der Waals surface area contributed by atoms with Gasteiger partial charge in [-0.15, -0.1) is 0 Å². The number of hydrogen-bond donors (Lipinski definition) is 2. The number of nitrogens with zero attached hydrogens (tertiary/aromatic N) is 1. The Morgan fingerprint density at radius 1 is 1.14 bits per heavy atom. The highest BCUT2D eigenvalue weighted by Gasteiger charge is 2.08. The maximum absolute atomic E-state index is 13.1. The van der Waals surface area contributed by atoms with Gasteiger partial charge in [-0.3, -0.25) is 4.79 Å². The largest absolute Gasteiger partial charge is 0.345 e. The second-order valence-electron chi connectivity index (χ2n) is 4.51. The third-order valence-corrected chi connectivity index (χ3v) is 3.02. The first kappa shape index (κ1) is 13.1. The van der Waals surface area contributed by atoms with E-state index in [0.29, 0.717) is 5.69 Å². The van der Waals surface area contributed by atoms with Gasteiger partial charge in [-0.2, -0.15) is 0 Å². The Balaban J connectivity index is 1.82. The molecule has 104 valence electrons. The van der Waals surface area contributed by atoms with Crippen molar-refractivity contribution in [1.82, 2.24) is 9.97 Å². The summed E-state index contributed by atoms with van der Waals surface area (Å²) in [6, 6.07) is 12.9. The molecule has 0 saturated carbocycles. The highest BCUT2D eigenvalue weighted by molar-refractivity contribution is 6.04.